The van der Waals surface area contributed by atoms with Crippen LogP contribution in [-0.2, 0) is 4.79 Å². The molecule has 0 aliphatic heterocycles. The molecule has 2 heteroatoms. The monoisotopic (exact) mass is 264 g/mol. The van der Waals surface area contributed by atoms with Gasteiger partial charge in [-0.15, -0.1) is 0 Å². The molecule has 0 aliphatic carbocycles. The summed E-state index contributed by atoms with van der Waals surface area (Å²) in [6.45, 7) is 0. The van der Waals surface area contributed by atoms with Crippen LogP contribution >= 0.6 is 0 Å². The van der Waals surface area contributed by atoms with Crippen molar-refractivity contribution >= 4 is 35.3 Å². The Balaban J connectivity index is 0.00000180. The standard InChI is InChI=1S/C17H14O.Al.3H/c18-17(13-11-15-7-3-1-4-8-15)14-12-16-9-5-2-6-10-16;;;;/h1-14H;;;;. The van der Waals surface area contributed by atoms with E-state index in [9.17, 15) is 4.79 Å². The highest BCUT2D eigenvalue weighted by molar-refractivity contribution is 6.04. The van der Waals surface area contributed by atoms with Crippen LogP contribution in [0.15, 0.2) is 72.8 Å². The molecule has 0 radical (unpaired) electrons. The first-order valence-electron chi connectivity index (χ1n) is 5.85. The molecule has 0 saturated heterocycles. The number of carbonyl (C=O) groups is 1. The second kappa shape index (κ2) is 8.26. The molecule has 0 saturated carbocycles. The van der Waals surface area contributed by atoms with Crippen molar-refractivity contribution in [1.82, 2.24) is 0 Å². The number of benzene rings is 2. The van der Waals surface area contributed by atoms with E-state index in [1.807, 2.05) is 72.8 Å². The van der Waals surface area contributed by atoms with E-state index >= 15 is 0 Å². The lowest BCUT2D eigenvalue weighted by Crippen LogP contribution is -1.84. The van der Waals surface area contributed by atoms with Crippen LogP contribution in [0.1, 0.15) is 11.1 Å². The highest BCUT2D eigenvalue weighted by Gasteiger charge is 1.90. The van der Waals surface area contributed by atoms with Gasteiger partial charge in [0.2, 0.25) is 0 Å². The minimum absolute atomic E-state index is 0. The second-order valence-corrected chi connectivity index (χ2v) is 3.89. The molecule has 0 aromatic heterocycles. The van der Waals surface area contributed by atoms with Gasteiger partial charge in [-0.1, -0.05) is 72.8 Å². The van der Waals surface area contributed by atoms with E-state index in [0.29, 0.717) is 0 Å². The molecule has 1 nitrogen and oxygen atoms in total. The quantitative estimate of drug-likeness (QED) is 0.613. The maximum absolute atomic E-state index is 11.6. The lowest BCUT2D eigenvalue weighted by molar-refractivity contribution is -0.110. The summed E-state index contributed by atoms with van der Waals surface area (Å²) in [6.07, 6.45) is 6.79. The fourth-order valence-electron chi connectivity index (χ4n) is 1.54. The predicted molar refractivity (Wildman–Crippen MR) is 85.9 cm³/mol. The van der Waals surface area contributed by atoms with E-state index in [0.717, 1.165) is 11.1 Å². The number of rotatable bonds is 4. The summed E-state index contributed by atoms with van der Waals surface area (Å²) in [4.78, 5) is 11.6. The molecule has 0 heterocycles. The van der Waals surface area contributed by atoms with Crippen molar-refractivity contribution in [3.8, 4) is 0 Å². The lowest BCUT2D eigenvalue weighted by Gasteiger charge is -1.91. The molecular formula is C17H17AlO. The van der Waals surface area contributed by atoms with Gasteiger partial charge in [-0.3, -0.25) is 4.79 Å². The Morgan fingerprint density at radius 1 is 0.684 bits per heavy atom. The minimum atomic E-state index is -0.0114. The third kappa shape index (κ3) is 5.53. The number of allylic oxidation sites excluding steroid dienone is 2. The molecule has 2 rings (SSSR count). The van der Waals surface area contributed by atoms with Crippen LogP contribution in [0.25, 0.3) is 12.2 Å². The predicted octanol–water partition coefficient (Wildman–Crippen LogP) is 2.80. The Hall–Kier alpha value is -1.88. The first-order chi connectivity index (χ1) is 8.84. The minimum Gasteiger partial charge on any atom is -0.290 e. The molecule has 0 aliphatic rings. The van der Waals surface area contributed by atoms with Crippen LogP contribution in [-0.4, -0.2) is 23.1 Å². The molecular weight excluding hydrogens is 247 g/mol. The van der Waals surface area contributed by atoms with Gasteiger partial charge >= 0.3 is 0 Å². The topological polar surface area (TPSA) is 17.1 Å². The third-order valence-electron chi connectivity index (χ3n) is 2.48. The van der Waals surface area contributed by atoms with Crippen molar-refractivity contribution in [2.24, 2.45) is 0 Å². The van der Waals surface area contributed by atoms with Gasteiger partial charge in [-0.25, -0.2) is 0 Å². The number of ketones is 1. The normalized spacial score (nSPS) is 10.5. The molecule has 0 unspecified atom stereocenters. The fourth-order valence-corrected chi connectivity index (χ4v) is 1.54. The molecule has 0 spiro atoms. The average molecular weight is 264 g/mol. The van der Waals surface area contributed by atoms with Gasteiger partial charge < -0.3 is 0 Å². The summed E-state index contributed by atoms with van der Waals surface area (Å²) in [7, 11) is 0. The first-order valence-corrected chi connectivity index (χ1v) is 5.85. The van der Waals surface area contributed by atoms with Crippen LogP contribution in [0.3, 0.4) is 0 Å². The molecule has 19 heavy (non-hydrogen) atoms. The van der Waals surface area contributed by atoms with E-state index in [1.54, 1.807) is 12.2 Å². The third-order valence-corrected chi connectivity index (χ3v) is 2.48. The van der Waals surface area contributed by atoms with Gasteiger partial charge in [0.15, 0.2) is 23.1 Å². The van der Waals surface area contributed by atoms with E-state index < -0.39 is 0 Å². The van der Waals surface area contributed by atoms with Gasteiger partial charge in [0, 0.05) is 0 Å². The molecule has 0 amide bonds. The largest absolute Gasteiger partial charge is 0.290 e. The summed E-state index contributed by atoms with van der Waals surface area (Å²) >= 11 is 0. The molecule has 2 aromatic rings. The van der Waals surface area contributed by atoms with Crippen LogP contribution in [0, 0.1) is 0 Å². The average Bonchev–Trinajstić information content (AvgIpc) is 2.45. The van der Waals surface area contributed by atoms with Gasteiger partial charge in [0.1, 0.15) is 0 Å². The molecule has 0 N–H and O–H groups in total. The Labute approximate surface area is 124 Å². The highest BCUT2D eigenvalue weighted by atomic mass is 27.0. The van der Waals surface area contributed by atoms with Crippen molar-refractivity contribution in [3.05, 3.63) is 83.9 Å². The molecule has 0 atom stereocenters. The van der Waals surface area contributed by atoms with Crippen molar-refractivity contribution in [2.75, 3.05) is 0 Å². The summed E-state index contributed by atoms with van der Waals surface area (Å²) < 4.78 is 0. The van der Waals surface area contributed by atoms with Crippen molar-refractivity contribution < 1.29 is 4.79 Å². The van der Waals surface area contributed by atoms with E-state index in [2.05, 4.69) is 0 Å². The zero-order chi connectivity index (χ0) is 12.6. The molecule has 0 fully saturated rings. The lowest BCUT2D eigenvalue weighted by atomic mass is 10.1. The van der Waals surface area contributed by atoms with Crippen LogP contribution in [0.5, 0.6) is 0 Å². The fraction of sp³-hybridized carbons (Fsp3) is 0. The summed E-state index contributed by atoms with van der Waals surface area (Å²) in [5, 5.41) is 0. The van der Waals surface area contributed by atoms with Gasteiger partial charge in [-0.05, 0) is 23.3 Å². The van der Waals surface area contributed by atoms with Crippen LogP contribution in [0.2, 0.25) is 0 Å². The summed E-state index contributed by atoms with van der Waals surface area (Å²) in [5.41, 5.74) is 2.05. The van der Waals surface area contributed by atoms with Crippen LogP contribution in [0.4, 0.5) is 0 Å². The Kier molecular flexibility index (Phi) is 6.60. The first kappa shape index (κ1) is 15.2. The second-order valence-electron chi connectivity index (χ2n) is 3.89. The zero-order valence-corrected chi connectivity index (χ0v) is 9.99. The van der Waals surface area contributed by atoms with Crippen molar-refractivity contribution in [1.29, 1.82) is 0 Å². The Morgan fingerprint density at radius 3 is 1.42 bits per heavy atom. The number of hydrogen-bond donors (Lipinski definition) is 0. The maximum Gasteiger partial charge on any atom is 0.187 e. The van der Waals surface area contributed by atoms with Crippen molar-refractivity contribution in [3.63, 3.8) is 0 Å². The van der Waals surface area contributed by atoms with Crippen LogP contribution < -0.4 is 0 Å². The van der Waals surface area contributed by atoms with Gasteiger partial charge in [-0.2, -0.15) is 0 Å². The number of carbonyl (C=O) groups excluding carboxylic acids is 1. The van der Waals surface area contributed by atoms with Crippen molar-refractivity contribution in [2.45, 2.75) is 0 Å². The van der Waals surface area contributed by atoms with Gasteiger partial charge in [0.05, 0.1) is 0 Å². The molecule has 94 valence electrons. The molecule has 2 aromatic carbocycles. The Morgan fingerprint density at radius 2 is 1.05 bits per heavy atom. The smallest absolute Gasteiger partial charge is 0.187 e. The SMILES string of the molecule is O=C(C=Cc1ccccc1)C=Cc1ccccc1.[AlH3]. The number of hydrogen-bond acceptors (Lipinski definition) is 1. The highest BCUT2D eigenvalue weighted by Crippen LogP contribution is 2.03. The Bertz CT molecular complexity index is 505. The van der Waals surface area contributed by atoms with E-state index in [1.165, 1.54) is 0 Å². The van der Waals surface area contributed by atoms with Gasteiger partial charge in [0.25, 0.3) is 0 Å². The van der Waals surface area contributed by atoms with E-state index in [4.69, 9.17) is 0 Å². The maximum atomic E-state index is 11.6. The summed E-state index contributed by atoms with van der Waals surface area (Å²) in [6, 6.07) is 19.6. The zero-order valence-electron chi connectivity index (χ0n) is 9.99. The summed E-state index contributed by atoms with van der Waals surface area (Å²) in [5.74, 6) is -0.0114. The molecule has 0 bridgehead atoms. The van der Waals surface area contributed by atoms with E-state index in [-0.39, 0.29) is 23.1 Å².